The smallest absolute Gasteiger partial charge is 0.254 e. The van der Waals surface area contributed by atoms with Gasteiger partial charge in [0.05, 0.1) is 6.10 Å². The molecule has 4 nitrogen and oxygen atoms in total. The van der Waals surface area contributed by atoms with Crippen molar-refractivity contribution in [2.24, 2.45) is 5.92 Å². The van der Waals surface area contributed by atoms with Crippen LogP contribution in [0.3, 0.4) is 0 Å². The van der Waals surface area contributed by atoms with Crippen molar-refractivity contribution in [2.45, 2.75) is 57.1 Å². The summed E-state index contributed by atoms with van der Waals surface area (Å²) in [6.45, 7) is 2.37. The van der Waals surface area contributed by atoms with E-state index in [0.29, 0.717) is 12.6 Å². The van der Waals surface area contributed by atoms with Gasteiger partial charge in [0.2, 0.25) is 0 Å². The largest absolute Gasteiger partial charge is 0.491 e. The summed E-state index contributed by atoms with van der Waals surface area (Å²) in [6, 6.07) is 8.11. The first kappa shape index (κ1) is 15.9. The Kier molecular flexibility index (Phi) is 4.74. The van der Waals surface area contributed by atoms with E-state index >= 15 is 0 Å². The molecule has 4 heteroatoms. The molecule has 2 heterocycles. The zero-order valence-electron chi connectivity index (χ0n) is 14.3. The molecule has 1 amide bonds. The zero-order chi connectivity index (χ0) is 16.4. The molecule has 1 saturated carbocycles. The topological polar surface area (TPSA) is 38.8 Å². The number of amides is 1. The van der Waals surface area contributed by atoms with Gasteiger partial charge in [0.15, 0.2) is 0 Å². The predicted octanol–water partition coefficient (Wildman–Crippen LogP) is 3.65. The van der Waals surface area contributed by atoms with Crippen molar-refractivity contribution in [2.75, 3.05) is 19.8 Å². The molecule has 24 heavy (non-hydrogen) atoms. The lowest BCUT2D eigenvalue weighted by Crippen LogP contribution is -2.39. The van der Waals surface area contributed by atoms with Gasteiger partial charge in [-0.25, -0.2) is 0 Å². The van der Waals surface area contributed by atoms with E-state index in [0.717, 1.165) is 43.2 Å². The monoisotopic (exact) mass is 329 g/mol. The van der Waals surface area contributed by atoms with E-state index in [1.54, 1.807) is 0 Å². The molecule has 2 saturated heterocycles. The second-order valence-electron chi connectivity index (χ2n) is 7.37. The third-order valence-corrected chi connectivity index (χ3v) is 5.83. The quantitative estimate of drug-likeness (QED) is 0.846. The van der Waals surface area contributed by atoms with Gasteiger partial charge in [-0.2, -0.15) is 0 Å². The van der Waals surface area contributed by atoms with Gasteiger partial charge in [-0.05, 0) is 62.3 Å². The number of carbonyl (C=O) groups is 1. The fourth-order valence-electron chi connectivity index (χ4n) is 4.48. The summed E-state index contributed by atoms with van der Waals surface area (Å²) in [5.74, 6) is 1.74. The molecule has 1 aromatic rings. The number of hydrogen-bond donors (Lipinski definition) is 0. The van der Waals surface area contributed by atoms with Crippen LogP contribution in [-0.2, 0) is 4.74 Å². The van der Waals surface area contributed by atoms with Crippen molar-refractivity contribution in [3.63, 3.8) is 0 Å². The highest BCUT2D eigenvalue weighted by Crippen LogP contribution is 2.36. The van der Waals surface area contributed by atoms with Gasteiger partial charge in [0.25, 0.3) is 5.91 Å². The Labute approximate surface area is 144 Å². The number of ether oxygens (including phenoxy) is 2. The lowest BCUT2D eigenvalue weighted by molar-refractivity contribution is 0.0674. The summed E-state index contributed by atoms with van der Waals surface area (Å²) in [6.07, 6.45) is 8.68. The Hall–Kier alpha value is -1.55. The number of carbonyl (C=O) groups excluding carboxylic acids is 1. The van der Waals surface area contributed by atoms with E-state index in [1.165, 1.54) is 32.1 Å². The fourth-order valence-corrected chi connectivity index (χ4v) is 4.48. The van der Waals surface area contributed by atoms with E-state index in [2.05, 4.69) is 4.90 Å². The minimum Gasteiger partial charge on any atom is -0.491 e. The van der Waals surface area contributed by atoms with E-state index in [9.17, 15) is 4.79 Å². The lowest BCUT2D eigenvalue weighted by atomic mass is 9.85. The summed E-state index contributed by atoms with van der Waals surface area (Å²) in [5, 5.41) is 0. The maximum atomic E-state index is 12.8. The van der Waals surface area contributed by atoms with Crippen molar-refractivity contribution >= 4 is 5.91 Å². The van der Waals surface area contributed by atoms with Crippen LogP contribution in [0.25, 0.3) is 0 Å². The third kappa shape index (κ3) is 3.30. The van der Waals surface area contributed by atoms with Crippen LogP contribution in [0.4, 0.5) is 0 Å². The lowest BCUT2D eigenvalue weighted by Gasteiger charge is -2.31. The van der Waals surface area contributed by atoms with Crippen molar-refractivity contribution in [3.8, 4) is 5.75 Å². The van der Waals surface area contributed by atoms with E-state index < -0.39 is 0 Å². The van der Waals surface area contributed by atoms with Gasteiger partial charge in [0, 0.05) is 24.8 Å². The van der Waals surface area contributed by atoms with Crippen molar-refractivity contribution in [1.29, 1.82) is 0 Å². The molecule has 0 bridgehead atoms. The molecule has 1 aromatic carbocycles. The standard InChI is InChI=1S/C20H27NO3/c22-20(21-12-11-15-4-1-2-6-19(15)21)16-7-9-17(10-8-16)24-14-18-5-3-13-23-18/h7-10,15,18-19H,1-6,11-14H2. The van der Waals surface area contributed by atoms with Crippen LogP contribution < -0.4 is 4.74 Å². The number of fused-ring (bicyclic) bond motifs is 1. The number of benzene rings is 1. The molecule has 0 aromatic heterocycles. The van der Waals surface area contributed by atoms with Crippen LogP contribution >= 0.6 is 0 Å². The Bertz CT molecular complexity index is 565. The second-order valence-corrected chi connectivity index (χ2v) is 7.37. The Morgan fingerprint density at radius 2 is 1.92 bits per heavy atom. The zero-order valence-corrected chi connectivity index (χ0v) is 14.3. The van der Waals surface area contributed by atoms with Crippen LogP contribution in [0.15, 0.2) is 24.3 Å². The average Bonchev–Trinajstić information content (AvgIpc) is 3.29. The Morgan fingerprint density at radius 1 is 1.08 bits per heavy atom. The van der Waals surface area contributed by atoms with Crippen LogP contribution in [0, 0.1) is 5.92 Å². The predicted molar refractivity (Wildman–Crippen MR) is 92.3 cm³/mol. The molecular formula is C20H27NO3. The van der Waals surface area contributed by atoms with Crippen molar-refractivity contribution < 1.29 is 14.3 Å². The maximum absolute atomic E-state index is 12.8. The molecular weight excluding hydrogens is 302 g/mol. The molecule has 0 radical (unpaired) electrons. The number of nitrogens with zero attached hydrogens (tertiary/aromatic N) is 1. The van der Waals surface area contributed by atoms with Gasteiger partial charge in [-0.15, -0.1) is 0 Å². The number of rotatable bonds is 4. The highest BCUT2D eigenvalue weighted by molar-refractivity contribution is 5.94. The summed E-state index contributed by atoms with van der Waals surface area (Å²) < 4.78 is 11.4. The fraction of sp³-hybridized carbons (Fsp3) is 0.650. The van der Waals surface area contributed by atoms with Gasteiger partial charge >= 0.3 is 0 Å². The normalized spacial score (nSPS) is 29.5. The molecule has 0 N–H and O–H groups in total. The second kappa shape index (κ2) is 7.14. The number of hydrogen-bond acceptors (Lipinski definition) is 3. The van der Waals surface area contributed by atoms with Crippen LogP contribution in [0.5, 0.6) is 5.75 Å². The van der Waals surface area contributed by atoms with Crippen LogP contribution in [-0.4, -0.2) is 42.7 Å². The highest BCUT2D eigenvalue weighted by Gasteiger charge is 2.38. The first-order valence-corrected chi connectivity index (χ1v) is 9.47. The molecule has 3 aliphatic rings. The Morgan fingerprint density at radius 3 is 2.71 bits per heavy atom. The number of likely N-dealkylation sites (tertiary alicyclic amines) is 1. The molecule has 4 rings (SSSR count). The van der Waals surface area contributed by atoms with Gasteiger partial charge < -0.3 is 14.4 Å². The minimum absolute atomic E-state index is 0.190. The van der Waals surface area contributed by atoms with E-state index in [1.807, 2.05) is 24.3 Å². The molecule has 130 valence electrons. The first-order valence-electron chi connectivity index (χ1n) is 9.47. The average molecular weight is 329 g/mol. The summed E-state index contributed by atoms with van der Waals surface area (Å²) in [7, 11) is 0. The molecule has 0 spiro atoms. The third-order valence-electron chi connectivity index (χ3n) is 5.83. The van der Waals surface area contributed by atoms with Crippen molar-refractivity contribution in [3.05, 3.63) is 29.8 Å². The van der Waals surface area contributed by atoms with Crippen molar-refractivity contribution in [1.82, 2.24) is 4.90 Å². The molecule has 3 atom stereocenters. The van der Waals surface area contributed by atoms with Gasteiger partial charge in [0.1, 0.15) is 12.4 Å². The summed E-state index contributed by atoms with van der Waals surface area (Å²) in [5.41, 5.74) is 0.783. The van der Waals surface area contributed by atoms with Crippen LogP contribution in [0.1, 0.15) is 55.3 Å². The minimum atomic E-state index is 0.190. The maximum Gasteiger partial charge on any atom is 0.254 e. The molecule has 1 aliphatic carbocycles. The first-order chi connectivity index (χ1) is 11.8. The van der Waals surface area contributed by atoms with Gasteiger partial charge in [-0.1, -0.05) is 12.8 Å². The van der Waals surface area contributed by atoms with E-state index in [4.69, 9.17) is 9.47 Å². The molecule has 2 aliphatic heterocycles. The van der Waals surface area contributed by atoms with Crippen LogP contribution in [0.2, 0.25) is 0 Å². The van der Waals surface area contributed by atoms with Gasteiger partial charge in [-0.3, -0.25) is 4.79 Å². The molecule has 3 unspecified atom stereocenters. The SMILES string of the molecule is O=C(c1ccc(OCC2CCCO2)cc1)N1CCC2CCCCC21. The van der Waals surface area contributed by atoms with E-state index in [-0.39, 0.29) is 12.0 Å². The summed E-state index contributed by atoms with van der Waals surface area (Å²) in [4.78, 5) is 15.0. The summed E-state index contributed by atoms with van der Waals surface area (Å²) >= 11 is 0. The molecule has 3 fully saturated rings. The highest BCUT2D eigenvalue weighted by atomic mass is 16.5. The Balaban J connectivity index is 1.36.